The lowest BCUT2D eigenvalue weighted by molar-refractivity contribution is 0.229. The number of H-pyrrole nitrogens is 1. The third-order valence-corrected chi connectivity index (χ3v) is 3.60. The monoisotopic (exact) mass is 264 g/mol. The van der Waals surface area contributed by atoms with Gasteiger partial charge in [-0.25, -0.2) is 4.98 Å². The Labute approximate surface area is 111 Å². The van der Waals surface area contributed by atoms with E-state index < -0.39 is 0 Å². The van der Waals surface area contributed by atoms with E-state index in [0.717, 1.165) is 60.2 Å². The second-order valence-electron chi connectivity index (χ2n) is 4.85. The molecule has 0 unspecified atom stereocenters. The third kappa shape index (κ3) is 2.36. The minimum atomic E-state index is 0.729. The van der Waals surface area contributed by atoms with E-state index in [4.69, 9.17) is 11.6 Å². The zero-order valence-corrected chi connectivity index (χ0v) is 11.2. The van der Waals surface area contributed by atoms with Gasteiger partial charge in [-0.3, -0.25) is 4.90 Å². The summed E-state index contributed by atoms with van der Waals surface area (Å²) in [5, 5.41) is 4.08. The standard InChI is InChI=1S/C13H17ClN4/c1-9-6-10(14)13-11(7-9)16-12(17-13)8-18-4-2-15-3-5-18/h6-7,15H,2-5,8H2,1H3,(H,16,17). The highest BCUT2D eigenvalue weighted by Gasteiger charge is 2.13. The molecular formula is C13H17ClN4. The van der Waals surface area contributed by atoms with E-state index >= 15 is 0 Å². The fraction of sp³-hybridized carbons (Fsp3) is 0.462. The molecule has 0 aliphatic carbocycles. The number of aromatic amines is 1. The molecule has 1 aliphatic heterocycles. The summed E-state index contributed by atoms with van der Waals surface area (Å²) in [6.45, 7) is 7.17. The van der Waals surface area contributed by atoms with Crippen LogP contribution in [0.15, 0.2) is 12.1 Å². The highest BCUT2D eigenvalue weighted by Crippen LogP contribution is 2.23. The first-order valence-electron chi connectivity index (χ1n) is 6.30. The van der Waals surface area contributed by atoms with E-state index in [1.807, 2.05) is 13.0 Å². The van der Waals surface area contributed by atoms with Crippen LogP contribution in [0.25, 0.3) is 11.0 Å². The summed E-state index contributed by atoms with van der Waals surface area (Å²) in [5.74, 6) is 0.999. The first kappa shape index (κ1) is 12.0. The van der Waals surface area contributed by atoms with Crippen LogP contribution < -0.4 is 5.32 Å². The molecule has 4 nitrogen and oxygen atoms in total. The van der Waals surface area contributed by atoms with Crippen molar-refractivity contribution in [2.24, 2.45) is 0 Å². The number of aromatic nitrogens is 2. The van der Waals surface area contributed by atoms with Crippen molar-refractivity contribution in [3.05, 3.63) is 28.5 Å². The van der Waals surface area contributed by atoms with Crippen molar-refractivity contribution in [1.29, 1.82) is 0 Å². The summed E-state index contributed by atoms with van der Waals surface area (Å²) in [5.41, 5.74) is 3.07. The molecule has 5 heteroatoms. The van der Waals surface area contributed by atoms with Crippen LogP contribution in [0.4, 0.5) is 0 Å². The van der Waals surface area contributed by atoms with Gasteiger partial charge in [0.2, 0.25) is 0 Å². The molecule has 1 aliphatic rings. The number of halogens is 1. The van der Waals surface area contributed by atoms with Gasteiger partial charge in [0.1, 0.15) is 11.3 Å². The number of hydrogen-bond donors (Lipinski definition) is 2. The van der Waals surface area contributed by atoms with Gasteiger partial charge < -0.3 is 10.3 Å². The first-order valence-corrected chi connectivity index (χ1v) is 6.68. The van der Waals surface area contributed by atoms with Gasteiger partial charge in [-0.05, 0) is 24.6 Å². The molecule has 1 aromatic heterocycles. The molecule has 18 heavy (non-hydrogen) atoms. The van der Waals surface area contributed by atoms with E-state index in [1.54, 1.807) is 0 Å². The number of benzene rings is 1. The lowest BCUT2D eigenvalue weighted by atomic mass is 10.2. The molecule has 2 N–H and O–H groups in total. The fourth-order valence-corrected chi connectivity index (χ4v) is 2.73. The molecule has 0 radical (unpaired) electrons. The number of nitrogens with one attached hydrogen (secondary N) is 2. The van der Waals surface area contributed by atoms with Gasteiger partial charge in [-0.2, -0.15) is 0 Å². The van der Waals surface area contributed by atoms with Crippen LogP contribution in [0.5, 0.6) is 0 Å². The van der Waals surface area contributed by atoms with Crippen LogP contribution in [0, 0.1) is 6.92 Å². The fourth-order valence-electron chi connectivity index (χ4n) is 2.42. The molecule has 2 heterocycles. The summed E-state index contributed by atoms with van der Waals surface area (Å²) in [6.07, 6.45) is 0. The normalized spacial score (nSPS) is 17.4. The second kappa shape index (κ2) is 4.88. The molecule has 2 aromatic rings. The highest BCUT2D eigenvalue weighted by molar-refractivity contribution is 6.35. The van der Waals surface area contributed by atoms with E-state index in [9.17, 15) is 0 Å². The molecule has 1 aromatic carbocycles. The molecule has 96 valence electrons. The smallest absolute Gasteiger partial charge is 0.121 e. The number of imidazole rings is 1. The number of fused-ring (bicyclic) bond motifs is 1. The van der Waals surface area contributed by atoms with E-state index in [1.165, 1.54) is 0 Å². The number of piperazine rings is 1. The summed E-state index contributed by atoms with van der Waals surface area (Å²) in [7, 11) is 0. The van der Waals surface area contributed by atoms with Crippen molar-refractivity contribution < 1.29 is 0 Å². The molecule has 0 amide bonds. The Hall–Kier alpha value is -1.10. The van der Waals surface area contributed by atoms with Crippen molar-refractivity contribution in [2.45, 2.75) is 13.5 Å². The van der Waals surface area contributed by atoms with Gasteiger partial charge in [0.05, 0.1) is 17.1 Å². The minimum absolute atomic E-state index is 0.729. The molecule has 0 saturated carbocycles. The van der Waals surface area contributed by atoms with E-state index in [-0.39, 0.29) is 0 Å². The Bertz CT molecular complexity index is 557. The summed E-state index contributed by atoms with van der Waals surface area (Å²) < 4.78 is 0. The van der Waals surface area contributed by atoms with Crippen molar-refractivity contribution >= 4 is 22.6 Å². The van der Waals surface area contributed by atoms with Gasteiger partial charge >= 0.3 is 0 Å². The maximum absolute atomic E-state index is 6.21. The van der Waals surface area contributed by atoms with Crippen molar-refractivity contribution in [3.8, 4) is 0 Å². The molecule has 1 fully saturated rings. The summed E-state index contributed by atoms with van der Waals surface area (Å²) in [6, 6.07) is 4.05. The SMILES string of the molecule is Cc1cc(Cl)c2nc(CN3CCNCC3)[nH]c2c1. The quantitative estimate of drug-likeness (QED) is 0.871. The number of hydrogen-bond acceptors (Lipinski definition) is 3. The minimum Gasteiger partial charge on any atom is -0.341 e. The van der Waals surface area contributed by atoms with Crippen LogP contribution in [0.3, 0.4) is 0 Å². The molecule has 0 spiro atoms. The van der Waals surface area contributed by atoms with Crippen LogP contribution in [-0.4, -0.2) is 41.0 Å². The Balaban J connectivity index is 1.86. The van der Waals surface area contributed by atoms with Gasteiger partial charge in [-0.15, -0.1) is 0 Å². The molecule has 0 bridgehead atoms. The van der Waals surface area contributed by atoms with Gasteiger partial charge in [-0.1, -0.05) is 11.6 Å². The molecule has 0 atom stereocenters. The van der Waals surface area contributed by atoms with Crippen LogP contribution in [0.2, 0.25) is 5.02 Å². The van der Waals surface area contributed by atoms with Gasteiger partial charge in [0, 0.05) is 26.2 Å². The molecular weight excluding hydrogens is 248 g/mol. The Morgan fingerprint density at radius 1 is 1.33 bits per heavy atom. The third-order valence-electron chi connectivity index (χ3n) is 3.32. The maximum Gasteiger partial charge on any atom is 0.121 e. The number of aryl methyl sites for hydroxylation is 1. The number of rotatable bonds is 2. The lowest BCUT2D eigenvalue weighted by Crippen LogP contribution is -2.43. The Kier molecular flexibility index (Phi) is 3.24. The van der Waals surface area contributed by atoms with Gasteiger partial charge in [0.25, 0.3) is 0 Å². The Morgan fingerprint density at radius 3 is 2.89 bits per heavy atom. The van der Waals surface area contributed by atoms with Crippen LogP contribution in [0.1, 0.15) is 11.4 Å². The Morgan fingerprint density at radius 2 is 2.11 bits per heavy atom. The average molecular weight is 265 g/mol. The zero-order valence-electron chi connectivity index (χ0n) is 10.5. The largest absolute Gasteiger partial charge is 0.341 e. The first-order chi connectivity index (χ1) is 8.72. The van der Waals surface area contributed by atoms with Crippen molar-refractivity contribution in [3.63, 3.8) is 0 Å². The van der Waals surface area contributed by atoms with E-state index in [2.05, 4.69) is 26.3 Å². The van der Waals surface area contributed by atoms with Crippen molar-refractivity contribution in [2.75, 3.05) is 26.2 Å². The second-order valence-corrected chi connectivity index (χ2v) is 5.26. The zero-order chi connectivity index (χ0) is 12.5. The predicted molar refractivity (Wildman–Crippen MR) is 74.0 cm³/mol. The van der Waals surface area contributed by atoms with Crippen LogP contribution in [-0.2, 0) is 6.54 Å². The maximum atomic E-state index is 6.21. The van der Waals surface area contributed by atoms with E-state index in [0.29, 0.717) is 0 Å². The summed E-state index contributed by atoms with van der Waals surface area (Å²) in [4.78, 5) is 10.4. The van der Waals surface area contributed by atoms with Gasteiger partial charge in [0.15, 0.2) is 0 Å². The highest BCUT2D eigenvalue weighted by atomic mass is 35.5. The predicted octanol–water partition coefficient (Wildman–Crippen LogP) is 1.93. The van der Waals surface area contributed by atoms with Crippen LogP contribution >= 0.6 is 11.6 Å². The van der Waals surface area contributed by atoms with Crippen molar-refractivity contribution in [1.82, 2.24) is 20.2 Å². The molecule has 3 rings (SSSR count). The summed E-state index contributed by atoms with van der Waals surface area (Å²) >= 11 is 6.21. The number of nitrogens with zero attached hydrogens (tertiary/aromatic N) is 2. The molecule has 1 saturated heterocycles. The average Bonchev–Trinajstić information content (AvgIpc) is 2.73. The lowest BCUT2D eigenvalue weighted by Gasteiger charge is -2.26. The topological polar surface area (TPSA) is 44.0 Å².